The summed E-state index contributed by atoms with van der Waals surface area (Å²) < 4.78 is 0. The van der Waals surface area contributed by atoms with Gasteiger partial charge in [-0.3, -0.25) is 4.79 Å². The van der Waals surface area contributed by atoms with Crippen LogP contribution in [-0.2, 0) is 4.79 Å². The number of halogens is 1. The van der Waals surface area contributed by atoms with Gasteiger partial charge in [0.05, 0.1) is 5.69 Å². The highest BCUT2D eigenvalue weighted by Crippen LogP contribution is 2.29. The average Bonchev–Trinajstić information content (AvgIpc) is 2.92. The van der Waals surface area contributed by atoms with Crippen LogP contribution in [0.15, 0.2) is 65.3 Å². The summed E-state index contributed by atoms with van der Waals surface area (Å²) in [7, 11) is 0. The Bertz CT molecular complexity index is 862. The molecule has 4 nitrogen and oxygen atoms in total. The molecule has 0 saturated carbocycles. The van der Waals surface area contributed by atoms with Crippen molar-refractivity contribution in [3.05, 3.63) is 70.9 Å². The van der Waals surface area contributed by atoms with Crippen molar-refractivity contribution in [2.45, 2.75) is 39.8 Å². The summed E-state index contributed by atoms with van der Waals surface area (Å²) in [6.45, 7) is 8.41. The fourth-order valence-electron chi connectivity index (χ4n) is 3.27. The second-order valence-corrected chi connectivity index (χ2v) is 7.50. The number of carbonyl (C=O) groups is 1. The SMILES string of the molecule is CC(C)N(C1=NC(=Cc2ccccc2)C(=O)N1c1ccc(Cl)cc1)C(C)C. The van der Waals surface area contributed by atoms with E-state index in [0.29, 0.717) is 16.7 Å². The first-order chi connectivity index (χ1) is 12.9. The predicted octanol–water partition coefficient (Wildman–Crippen LogP) is 5.20. The number of guanidine groups is 1. The number of amides is 1. The molecule has 1 amide bonds. The number of anilines is 1. The van der Waals surface area contributed by atoms with Gasteiger partial charge in [-0.15, -0.1) is 0 Å². The molecule has 2 aromatic carbocycles. The zero-order chi connectivity index (χ0) is 19.6. The molecule has 0 saturated heterocycles. The fraction of sp³-hybridized carbons (Fsp3) is 0.273. The Balaban J connectivity index is 2.10. The van der Waals surface area contributed by atoms with E-state index in [2.05, 4.69) is 32.6 Å². The third-order valence-corrected chi connectivity index (χ3v) is 4.63. The summed E-state index contributed by atoms with van der Waals surface area (Å²) >= 11 is 6.04. The summed E-state index contributed by atoms with van der Waals surface area (Å²) in [6, 6.07) is 17.4. The maximum Gasteiger partial charge on any atom is 0.283 e. The normalized spacial score (nSPS) is 15.8. The Morgan fingerprint density at radius 2 is 1.56 bits per heavy atom. The fourth-order valence-corrected chi connectivity index (χ4v) is 3.39. The van der Waals surface area contributed by atoms with E-state index < -0.39 is 0 Å². The average molecular weight is 382 g/mol. The van der Waals surface area contributed by atoms with Crippen molar-refractivity contribution >= 4 is 35.2 Å². The van der Waals surface area contributed by atoms with E-state index in [1.54, 1.807) is 17.0 Å². The first-order valence-electron chi connectivity index (χ1n) is 9.12. The number of hydrogen-bond donors (Lipinski definition) is 0. The Morgan fingerprint density at radius 3 is 2.11 bits per heavy atom. The van der Waals surface area contributed by atoms with E-state index in [4.69, 9.17) is 16.6 Å². The highest BCUT2D eigenvalue weighted by molar-refractivity contribution is 6.31. The zero-order valence-corrected chi connectivity index (χ0v) is 16.8. The van der Waals surface area contributed by atoms with Crippen molar-refractivity contribution in [3.8, 4) is 0 Å². The monoisotopic (exact) mass is 381 g/mol. The number of aliphatic imine (C=N–C) groups is 1. The van der Waals surface area contributed by atoms with Crippen LogP contribution >= 0.6 is 11.6 Å². The van der Waals surface area contributed by atoms with Crippen molar-refractivity contribution in [2.75, 3.05) is 4.90 Å². The number of hydrogen-bond acceptors (Lipinski definition) is 3. The van der Waals surface area contributed by atoms with Gasteiger partial charge >= 0.3 is 0 Å². The first-order valence-corrected chi connectivity index (χ1v) is 9.50. The molecule has 0 N–H and O–H groups in total. The van der Waals surface area contributed by atoms with Gasteiger partial charge in [0.25, 0.3) is 5.91 Å². The lowest BCUT2D eigenvalue weighted by atomic mass is 10.2. The Hall–Kier alpha value is -2.59. The Morgan fingerprint density at radius 1 is 0.963 bits per heavy atom. The van der Waals surface area contributed by atoms with Crippen molar-refractivity contribution in [3.63, 3.8) is 0 Å². The lowest BCUT2D eigenvalue weighted by Crippen LogP contribution is -2.50. The minimum absolute atomic E-state index is 0.137. The number of rotatable bonds is 4. The lowest BCUT2D eigenvalue weighted by Gasteiger charge is -2.35. The summed E-state index contributed by atoms with van der Waals surface area (Å²) in [5, 5.41) is 0.633. The summed E-state index contributed by atoms with van der Waals surface area (Å²) in [5.74, 6) is 0.511. The summed E-state index contributed by atoms with van der Waals surface area (Å²) in [4.78, 5) is 21.8. The van der Waals surface area contributed by atoms with Crippen LogP contribution in [0.3, 0.4) is 0 Å². The van der Waals surface area contributed by atoms with Crippen LogP contribution in [0.2, 0.25) is 5.02 Å². The first kappa shape index (κ1) is 19.2. The van der Waals surface area contributed by atoms with Gasteiger partial charge in [-0.05, 0) is 63.6 Å². The third-order valence-electron chi connectivity index (χ3n) is 4.37. The van der Waals surface area contributed by atoms with Gasteiger partial charge in [-0.2, -0.15) is 0 Å². The van der Waals surface area contributed by atoms with Crippen molar-refractivity contribution in [1.82, 2.24) is 4.90 Å². The molecular formula is C22H24ClN3O. The minimum Gasteiger partial charge on any atom is -0.337 e. The maximum absolute atomic E-state index is 13.2. The molecule has 140 valence electrons. The topological polar surface area (TPSA) is 35.9 Å². The van der Waals surface area contributed by atoms with Crippen LogP contribution in [0.5, 0.6) is 0 Å². The van der Waals surface area contributed by atoms with E-state index in [1.807, 2.05) is 48.5 Å². The molecule has 1 aliphatic rings. The van der Waals surface area contributed by atoms with Crippen LogP contribution in [-0.4, -0.2) is 28.9 Å². The van der Waals surface area contributed by atoms with E-state index in [1.165, 1.54) is 0 Å². The van der Waals surface area contributed by atoms with E-state index >= 15 is 0 Å². The van der Waals surface area contributed by atoms with Gasteiger partial charge < -0.3 is 4.90 Å². The van der Waals surface area contributed by atoms with Crippen LogP contribution in [0.25, 0.3) is 6.08 Å². The highest BCUT2D eigenvalue weighted by atomic mass is 35.5. The van der Waals surface area contributed by atoms with Crippen LogP contribution < -0.4 is 4.90 Å². The smallest absolute Gasteiger partial charge is 0.283 e. The number of benzene rings is 2. The minimum atomic E-state index is -0.137. The highest BCUT2D eigenvalue weighted by Gasteiger charge is 2.36. The maximum atomic E-state index is 13.2. The largest absolute Gasteiger partial charge is 0.337 e. The van der Waals surface area contributed by atoms with Gasteiger partial charge in [-0.1, -0.05) is 41.9 Å². The Kier molecular flexibility index (Phi) is 5.66. The molecule has 0 aromatic heterocycles. The molecule has 0 aliphatic carbocycles. The predicted molar refractivity (Wildman–Crippen MR) is 113 cm³/mol. The molecule has 0 radical (unpaired) electrons. The molecule has 27 heavy (non-hydrogen) atoms. The number of carbonyl (C=O) groups excluding carboxylic acids is 1. The molecule has 0 unspecified atom stereocenters. The molecule has 1 aliphatic heterocycles. The molecule has 1 heterocycles. The molecule has 0 spiro atoms. The van der Waals surface area contributed by atoms with E-state index in [9.17, 15) is 4.79 Å². The third kappa shape index (κ3) is 4.06. The second kappa shape index (κ2) is 7.97. The molecule has 0 bridgehead atoms. The van der Waals surface area contributed by atoms with Gasteiger partial charge in [-0.25, -0.2) is 9.89 Å². The molecule has 5 heteroatoms. The lowest BCUT2D eigenvalue weighted by molar-refractivity contribution is -0.113. The van der Waals surface area contributed by atoms with Gasteiger partial charge in [0.2, 0.25) is 5.96 Å². The van der Waals surface area contributed by atoms with Crippen molar-refractivity contribution < 1.29 is 4.79 Å². The quantitative estimate of drug-likeness (QED) is 0.682. The zero-order valence-electron chi connectivity index (χ0n) is 16.1. The Labute approximate surface area is 165 Å². The molecule has 0 fully saturated rings. The van der Waals surface area contributed by atoms with Gasteiger partial charge in [0.15, 0.2) is 0 Å². The van der Waals surface area contributed by atoms with E-state index in [0.717, 1.165) is 11.3 Å². The van der Waals surface area contributed by atoms with Crippen molar-refractivity contribution in [1.29, 1.82) is 0 Å². The second-order valence-electron chi connectivity index (χ2n) is 7.06. The van der Waals surface area contributed by atoms with Crippen LogP contribution in [0, 0.1) is 0 Å². The van der Waals surface area contributed by atoms with Crippen molar-refractivity contribution in [2.24, 2.45) is 4.99 Å². The molecule has 0 atom stereocenters. The molecular weight excluding hydrogens is 358 g/mol. The number of nitrogens with zero attached hydrogens (tertiary/aromatic N) is 3. The van der Waals surface area contributed by atoms with E-state index in [-0.39, 0.29) is 18.0 Å². The molecule has 2 aromatic rings. The standard InChI is InChI=1S/C22H24ClN3O/c1-15(2)25(16(3)4)22-24-20(14-17-8-6-5-7-9-17)21(27)26(22)19-12-10-18(23)11-13-19/h5-16H,1-4H3. The van der Waals surface area contributed by atoms with Gasteiger partial charge in [0.1, 0.15) is 5.70 Å². The van der Waals surface area contributed by atoms with Gasteiger partial charge in [0, 0.05) is 17.1 Å². The van der Waals surface area contributed by atoms with Crippen LogP contribution in [0.1, 0.15) is 33.3 Å². The van der Waals surface area contributed by atoms with Crippen LogP contribution in [0.4, 0.5) is 5.69 Å². The summed E-state index contributed by atoms with van der Waals surface area (Å²) in [6.07, 6.45) is 1.83. The summed E-state index contributed by atoms with van der Waals surface area (Å²) in [5.41, 5.74) is 2.13. The molecule has 3 rings (SSSR count).